The lowest BCUT2D eigenvalue weighted by Crippen LogP contribution is -2.32. The van der Waals surface area contributed by atoms with Crippen LogP contribution in [0.2, 0.25) is 0 Å². The summed E-state index contributed by atoms with van der Waals surface area (Å²) in [4.78, 5) is 18.5. The summed E-state index contributed by atoms with van der Waals surface area (Å²) in [5.74, 6) is 0. The van der Waals surface area contributed by atoms with Gasteiger partial charge in [0.05, 0.1) is 5.69 Å². The summed E-state index contributed by atoms with van der Waals surface area (Å²) >= 11 is 4.51. The van der Waals surface area contributed by atoms with Gasteiger partial charge in [-0.05, 0) is 113 Å². The molecule has 3 N–H and O–H groups in total. The first-order chi connectivity index (χ1) is 14.6. The van der Waals surface area contributed by atoms with Gasteiger partial charge in [0.25, 0.3) is 0 Å². The zero-order valence-corrected chi connectivity index (χ0v) is 20.7. The van der Waals surface area contributed by atoms with Crippen molar-refractivity contribution in [3.05, 3.63) is 61.4 Å². The van der Waals surface area contributed by atoms with E-state index in [-0.39, 0.29) is 6.03 Å². The summed E-state index contributed by atoms with van der Waals surface area (Å²) < 4.78 is 2.16. The van der Waals surface area contributed by atoms with Crippen LogP contribution in [-0.2, 0) is 0 Å². The van der Waals surface area contributed by atoms with E-state index in [4.69, 9.17) is 0 Å². The molecule has 0 aliphatic carbocycles. The molecule has 2 aliphatic heterocycles. The molecule has 7 heteroatoms. The Morgan fingerprint density at radius 3 is 2.90 bits per heavy atom. The minimum absolute atomic E-state index is 0.232. The number of rotatable bonds is 3. The van der Waals surface area contributed by atoms with Crippen LogP contribution in [-0.4, -0.2) is 35.0 Å². The van der Waals surface area contributed by atoms with E-state index in [2.05, 4.69) is 84.0 Å². The third-order valence-electron chi connectivity index (χ3n) is 5.99. The highest BCUT2D eigenvalue weighted by Gasteiger charge is 2.28. The van der Waals surface area contributed by atoms with Gasteiger partial charge in [0.15, 0.2) is 0 Å². The molecule has 0 radical (unpaired) electrons. The third-order valence-corrected chi connectivity index (χ3v) is 7.56. The molecule has 154 valence electrons. The van der Waals surface area contributed by atoms with Gasteiger partial charge in [-0.2, -0.15) is 0 Å². The third kappa shape index (κ3) is 4.11. The largest absolute Gasteiger partial charge is 0.361 e. The van der Waals surface area contributed by atoms with Gasteiger partial charge < -0.3 is 15.6 Å². The van der Waals surface area contributed by atoms with Crippen LogP contribution in [0.5, 0.6) is 0 Å². The Hall–Kier alpha value is -1.59. The van der Waals surface area contributed by atoms with E-state index < -0.39 is 0 Å². The molecule has 1 atom stereocenters. The Balaban J connectivity index is 1.36. The molecule has 1 aromatic heterocycles. The SMILES string of the molecule is O=C(Nc1ccc2[nH]cc(C3=CCN4CCCC4C3)c2c1)Nc1ccc(I)cc1I. The molecule has 0 spiro atoms. The monoisotopic (exact) mass is 624 g/mol. The number of hydrogen-bond acceptors (Lipinski definition) is 2. The summed E-state index contributed by atoms with van der Waals surface area (Å²) in [6, 6.07) is 12.4. The Labute approximate surface area is 203 Å². The zero-order valence-electron chi connectivity index (χ0n) is 16.3. The first-order valence-corrected chi connectivity index (χ1v) is 12.3. The number of amides is 2. The average molecular weight is 624 g/mol. The molecule has 1 saturated heterocycles. The number of anilines is 2. The molecule has 30 heavy (non-hydrogen) atoms. The molecular weight excluding hydrogens is 602 g/mol. The van der Waals surface area contributed by atoms with Gasteiger partial charge in [-0.1, -0.05) is 6.08 Å². The number of aromatic nitrogens is 1. The van der Waals surface area contributed by atoms with Gasteiger partial charge >= 0.3 is 6.03 Å². The topological polar surface area (TPSA) is 60.2 Å². The van der Waals surface area contributed by atoms with Crippen molar-refractivity contribution in [1.29, 1.82) is 0 Å². The fourth-order valence-electron chi connectivity index (χ4n) is 4.49. The lowest BCUT2D eigenvalue weighted by Gasteiger charge is -2.29. The second-order valence-corrected chi connectivity index (χ2v) is 10.3. The van der Waals surface area contributed by atoms with Crippen LogP contribution in [0.3, 0.4) is 0 Å². The van der Waals surface area contributed by atoms with Crippen LogP contribution >= 0.6 is 45.2 Å². The van der Waals surface area contributed by atoms with Gasteiger partial charge in [0, 0.05) is 48.1 Å². The highest BCUT2D eigenvalue weighted by molar-refractivity contribution is 14.1. The fraction of sp³-hybridized carbons (Fsp3) is 0.261. The number of H-pyrrole nitrogens is 1. The van der Waals surface area contributed by atoms with Crippen LogP contribution < -0.4 is 10.6 Å². The van der Waals surface area contributed by atoms with Gasteiger partial charge in [-0.15, -0.1) is 0 Å². The second-order valence-electron chi connectivity index (χ2n) is 7.89. The lowest BCUT2D eigenvalue weighted by atomic mass is 9.94. The maximum atomic E-state index is 12.6. The molecule has 2 aromatic carbocycles. The van der Waals surface area contributed by atoms with Crippen LogP contribution in [0.25, 0.3) is 16.5 Å². The minimum atomic E-state index is -0.232. The molecular formula is C23H22I2N4O. The predicted octanol–water partition coefficient (Wildman–Crippen LogP) is 6.27. The van der Waals surface area contributed by atoms with Crippen LogP contribution in [0.1, 0.15) is 24.8 Å². The molecule has 2 amide bonds. The molecule has 2 aliphatic rings. The molecule has 5 rings (SSSR count). The summed E-state index contributed by atoms with van der Waals surface area (Å²) in [5.41, 5.74) is 5.37. The van der Waals surface area contributed by atoms with E-state index >= 15 is 0 Å². The van der Waals surface area contributed by atoms with Gasteiger partial charge in [0.1, 0.15) is 0 Å². The van der Waals surface area contributed by atoms with Crippen molar-refractivity contribution in [2.24, 2.45) is 0 Å². The number of aromatic amines is 1. The molecule has 5 nitrogen and oxygen atoms in total. The number of hydrogen-bond donors (Lipinski definition) is 3. The maximum absolute atomic E-state index is 12.6. The number of nitrogens with one attached hydrogen (secondary N) is 3. The number of fused-ring (bicyclic) bond motifs is 2. The van der Waals surface area contributed by atoms with E-state index in [0.29, 0.717) is 6.04 Å². The van der Waals surface area contributed by atoms with E-state index in [1.807, 2.05) is 30.3 Å². The summed E-state index contributed by atoms with van der Waals surface area (Å²) in [5, 5.41) is 7.09. The van der Waals surface area contributed by atoms with Gasteiger partial charge in [-0.25, -0.2) is 4.79 Å². The quantitative estimate of drug-likeness (QED) is 0.301. The van der Waals surface area contributed by atoms with Crippen molar-refractivity contribution >= 4 is 79.1 Å². The number of carbonyl (C=O) groups excluding carboxylic acids is 1. The van der Waals surface area contributed by atoms with E-state index in [0.717, 1.165) is 42.4 Å². The number of halogens is 2. The van der Waals surface area contributed by atoms with Crippen LogP contribution in [0, 0.1) is 7.14 Å². The molecule has 1 fully saturated rings. The van der Waals surface area contributed by atoms with E-state index in [1.54, 1.807) is 0 Å². The first kappa shape index (κ1) is 20.3. The van der Waals surface area contributed by atoms with Crippen molar-refractivity contribution in [2.75, 3.05) is 23.7 Å². The van der Waals surface area contributed by atoms with Gasteiger partial charge in [0.2, 0.25) is 0 Å². The lowest BCUT2D eigenvalue weighted by molar-refractivity contribution is 0.262. The zero-order chi connectivity index (χ0) is 20.7. The van der Waals surface area contributed by atoms with Crippen molar-refractivity contribution in [3.63, 3.8) is 0 Å². The normalized spacial score (nSPS) is 18.9. The Bertz CT molecular complexity index is 1150. The number of nitrogens with zero attached hydrogens (tertiary/aromatic N) is 1. The number of urea groups is 1. The number of benzene rings is 2. The first-order valence-electron chi connectivity index (χ1n) is 10.1. The second kappa shape index (κ2) is 8.51. The average Bonchev–Trinajstić information content (AvgIpc) is 3.36. The summed E-state index contributed by atoms with van der Waals surface area (Å²) in [6.45, 7) is 2.27. The van der Waals surface area contributed by atoms with E-state index in [1.165, 1.54) is 30.5 Å². The van der Waals surface area contributed by atoms with Crippen LogP contribution in [0.15, 0.2) is 48.7 Å². The Morgan fingerprint density at radius 2 is 2.03 bits per heavy atom. The standard InChI is InChI=1S/C23H22I2N4O/c24-15-3-5-22(20(25)11-15)28-23(30)27-16-4-6-21-18(12-16)19(13-26-21)14-7-9-29-8-1-2-17(29)10-14/h3-7,11-13,17,26H,1-2,8-10H2,(H2,27,28,30). The number of carbonyl (C=O) groups is 1. The molecule has 0 bridgehead atoms. The smallest absolute Gasteiger partial charge is 0.323 e. The van der Waals surface area contributed by atoms with Crippen LogP contribution in [0.4, 0.5) is 16.2 Å². The fourth-order valence-corrected chi connectivity index (χ4v) is 6.23. The van der Waals surface area contributed by atoms with Gasteiger partial charge in [-0.3, -0.25) is 4.90 Å². The Morgan fingerprint density at radius 1 is 1.13 bits per heavy atom. The van der Waals surface area contributed by atoms with Crippen molar-refractivity contribution < 1.29 is 4.79 Å². The predicted molar refractivity (Wildman–Crippen MR) is 140 cm³/mol. The molecule has 3 heterocycles. The minimum Gasteiger partial charge on any atom is -0.361 e. The molecule has 1 unspecified atom stereocenters. The molecule has 3 aromatic rings. The molecule has 0 saturated carbocycles. The van der Waals surface area contributed by atoms with Crippen molar-refractivity contribution in [3.8, 4) is 0 Å². The highest BCUT2D eigenvalue weighted by atomic mass is 127. The maximum Gasteiger partial charge on any atom is 0.323 e. The Kier molecular flexibility index (Phi) is 5.76. The summed E-state index contributed by atoms with van der Waals surface area (Å²) in [7, 11) is 0. The highest BCUT2D eigenvalue weighted by Crippen LogP contribution is 2.36. The van der Waals surface area contributed by atoms with Crippen molar-refractivity contribution in [1.82, 2.24) is 9.88 Å². The summed E-state index contributed by atoms with van der Waals surface area (Å²) in [6.07, 6.45) is 8.19. The van der Waals surface area contributed by atoms with E-state index in [9.17, 15) is 4.79 Å². The van der Waals surface area contributed by atoms with Crippen molar-refractivity contribution in [2.45, 2.75) is 25.3 Å².